The third-order valence-corrected chi connectivity index (χ3v) is 5.83. The second-order valence-corrected chi connectivity index (χ2v) is 8.36. The topological polar surface area (TPSA) is 29.5 Å². The molecule has 0 N–H and O–H groups in total. The number of hydrogen-bond acceptors (Lipinski definition) is 3. The maximum absolute atomic E-state index is 12.3. The molecule has 0 aromatic heterocycles. The Morgan fingerprint density at radius 2 is 1.89 bits per heavy atom. The minimum absolute atomic E-state index is 0.0540. The molecule has 106 valence electrons. The Kier molecular flexibility index (Phi) is 4.84. The van der Waals surface area contributed by atoms with Gasteiger partial charge < -0.3 is 4.74 Å². The second-order valence-electron chi connectivity index (χ2n) is 6.73. The van der Waals surface area contributed by atoms with Crippen LogP contribution in [0.1, 0.15) is 40.0 Å². The predicted octanol–water partition coefficient (Wildman–Crippen LogP) is 2.24. The minimum Gasteiger partial charge on any atom is -0.363 e. The van der Waals surface area contributed by atoms with E-state index >= 15 is 0 Å². The first-order chi connectivity index (χ1) is 8.47. The van der Waals surface area contributed by atoms with Crippen LogP contribution in [0.4, 0.5) is 0 Å². The second kappa shape index (κ2) is 6.02. The number of nitrogens with zero attached hydrogens (tertiary/aromatic N) is 1. The standard InChI is InChI=1S/C14H27NO2S/c1-14(2,3)12-10-17-13(18(16)11-12)9-15-7-5-4-6-8-15/h12-13H,4-11H2,1-3H3/t12-,13-,18?/m0/s1. The van der Waals surface area contributed by atoms with Gasteiger partial charge in [-0.25, -0.2) is 0 Å². The van der Waals surface area contributed by atoms with Gasteiger partial charge in [-0.3, -0.25) is 9.11 Å². The molecule has 1 unspecified atom stereocenters. The number of ether oxygens (including phenoxy) is 1. The highest BCUT2D eigenvalue weighted by atomic mass is 32.2. The Morgan fingerprint density at radius 1 is 1.22 bits per heavy atom. The lowest BCUT2D eigenvalue weighted by molar-refractivity contribution is 0.0174. The smallest absolute Gasteiger partial charge is 0.145 e. The van der Waals surface area contributed by atoms with E-state index in [1.54, 1.807) is 0 Å². The van der Waals surface area contributed by atoms with Crippen LogP contribution in [0.3, 0.4) is 0 Å². The van der Waals surface area contributed by atoms with Crippen molar-refractivity contribution in [3.63, 3.8) is 0 Å². The molecule has 3 atom stereocenters. The monoisotopic (exact) mass is 273 g/mol. The van der Waals surface area contributed by atoms with Crippen LogP contribution in [0.2, 0.25) is 0 Å². The van der Waals surface area contributed by atoms with Crippen LogP contribution in [0.15, 0.2) is 0 Å². The Balaban J connectivity index is 1.83. The molecule has 2 aliphatic rings. The van der Waals surface area contributed by atoms with E-state index in [4.69, 9.17) is 4.74 Å². The molecule has 0 amide bonds. The van der Waals surface area contributed by atoms with Gasteiger partial charge in [-0.1, -0.05) is 27.2 Å². The van der Waals surface area contributed by atoms with Crippen LogP contribution in [0.5, 0.6) is 0 Å². The minimum atomic E-state index is -0.820. The summed E-state index contributed by atoms with van der Waals surface area (Å²) in [5, 5.41) is 0. The highest BCUT2D eigenvalue weighted by Crippen LogP contribution is 2.31. The molecule has 18 heavy (non-hydrogen) atoms. The molecule has 4 heteroatoms. The summed E-state index contributed by atoms with van der Waals surface area (Å²) in [7, 11) is -0.820. The van der Waals surface area contributed by atoms with Crippen LogP contribution in [-0.4, -0.2) is 46.5 Å². The highest BCUT2D eigenvalue weighted by molar-refractivity contribution is 7.85. The quantitative estimate of drug-likeness (QED) is 0.773. The first kappa shape index (κ1) is 14.5. The first-order valence-corrected chi connectivity index (χ1v) is 8.56. The van der Waals surface area contributed by atoms with Gasteiger partial charge in [0.1, 0.15) is 5.44 Å². The molecular weight excluding hydrogens is 246 g/mol. The van der Waals surface area contributed by atoms with Crippen LogP contribution >= 0.6 is 0 Å². The summed E-state index contributed by atoms with van der Waals surface area (Å²) < 4.78 is 18.2. The first-order valence-electron chi connectivity index (χ1n) is 7.18. The number of rotatable bonds is 2. The van der Waals surface area contributed by atoms with E-state index in [0.29, 0.717) is 5.92 Å². The lowest BCUT2D eigenvalue weighted by Gasteiger charge is -2.38. The Bertz CT molecular complexity index is 295. The Labute approximate surface area is 114 Å². The number of piperidine rings is 1. The molecule has 0 saturated carbocycles. The highest BCUT2D eigenvalue weighted by Gasteiger charge is 2.35. The van der Waals surface area contributed by atoms with Crippen LogP contribution in [0, 0.1) is 11.3 Å². The molecule has 2 saturated heterocycles. The van der Waals surface area contributed by atoms with Gasteiger partial charge in [0.25, 0.3) is 0 Å². The van der Waals surface area contributed by atoms with E-state index in [9.17, 15) is 4.21 Å². The van der Waals surface area contributed by atoms with Crippen LogP contribution in [0.25, 0.3) is 0 Å². The normalized spacial score (nSPS) is 35.6. The fourth-order valence-corrected chi connectivity index (χ4v) is 4.46. The summed E-state index contributed by atoms with van der Waals surface area (Å²) in [5.41, 5.74) is 0.146. The predicted molar refractivity (Wildman–Crippen MR) is 76.0 cm³/mol. The molecule has 0 radical (unpaired) electrons. The average Bonchev–Trinajstić information content (AvgIpc) is 2.32. The van der Waals surface area contributed by atoms with Gasteiger partial charge in [0.05, 0.1) is 17.4 Å². The summed E-state index contributed by atoms with van der Waals surface area (Å²) in [4.78, 5) is 2.42. The summed E-state index contributed by atoms with van der Waals surface area (Å²) in [6.07, 6.45) is 3.91. The molecule has 0 bridgehead atoms. The third-order valence-electron chi connectivity index (χ3n) is 4.22. The lowest BCUT2D eigenvalue weighted by Crippen LogP contribution is -2.46. The molecule has 2 fully saturated rings. The largest absolute Gasteiger partial charge is 0.363 e. The lowest BCUT2D eigenvalue weighted by atomic mass is 9.82. The van der Waals surface area contributed by atoms with E-state index in [0.717, 1.165) is 32.0 Å². The molecular formula is C14H27NO2S. The van der Waals surface area contributed by atoms with Crippen molar-refractivity contribution in [1.29, 1.82) is 0 Å². The third kappa shape index (κ3) is 3.78. The molecule has 0 aliphatic carbocycles. The molecule has 2 rings (SSSR count). The Hall–Kier alpha value is 0.0700. The van der Waals surface area contributed by atoms with Crippen LogP contribution in [-0.2, 0) is 15.5 Å². The van der Waals surface area contributed by atoms with Gasteiger partial charge in [0, 0.05) is 12.3 Å². The molecule has 2 heterocycles. The van der Waals surface area contributed by atoms with E-state index in [1.165, 1.54) is 19.3 Å². The van der Waals surface area contributed by atoms with Crippen molar-refractivity contribution in [2.24, 2.45) is 11.3 Å². The van der Waals surface area contributed by atoms with Gasteiger partial charge >= 0.3 is 0 Å². The van der Waals surface area contributed by atoms with E-state index in [1.807, 2.05) is 0 Å². The summed E-state index contributed by atoms with van der Waals surface area (Å²) >= 11 is 0. The molecule has 0 spiro atoms. The van der Waals surface area contributed by atoms with E-state index in [-0.39, 0.29) is 10.9 Å². The van der Waals surface area contributed by atoms with Gasteiger partial charge in [0.15, 0.2) is 0 Å². The zero-order chi connectivity index (χ0) is 13.2. The average molecular weight is 273 g/mol. The van der Waals surface area contributed by atoms with Crippen molar-refractivity contribution < 1.29 is 8.95 Å². The zero-order valence-electron chi connectivity index (χ0n) is 12.0. The fourth-order valence-electron chi connectivity index (χ4n) is 2.64. The number of hydrogen-bond donors (Lipinski definition) is 0. The summed E-state index contributed by atoms with van der Waals surface area (Å²) in [6, 6.07) is 0. The SMILES string of the molecule is CC(C)(C)[C@H]1CO[C@H](CN2CCCCC2)S(=O)C1. The maximum Gasteiger partial charge on any atom is 0.145 e. The zero-order valence-corrected chi connectivity index (χ0v) is 12.8. The van der Waals surface area contributed by atoms with Gasteiger partial charge in [-0.2, -0.15) is 0 Å². The van der Waals surface area contributed by atoms with E-state index in [2.05, 4.69) is 25.7 Å². The fraction of sp³-hybridized carbons (Fsp3) is 1.00. The van der Waals surface area contributed by atoms with Crippen molar-refractivity contribution in [1.82, 2.24) is 4.90 Å². The summed E-state index contributed by atoms with van der Waals surface area (Å²) in [6.45, 7) is 10.6. The Morgan fingerprint density at radius 3 is 2.44 bits per heavy atom. The van der Waals surface area contributed by atoms with Gasteiger partial charge in [-0.05, 0) is 37.3 Å². The van der Waals surface area contributed by atoms with Gasteiger partial charge in [-0.15, -0.1) is 0 Å². The molecule has 0 aromatic carbocycles. The molecule has 2 aliphatic heterocycles. The summed E-state index contributed by atoms with van der Waals surface area (Å²) in [5.74, 6) is 1.23. The van der Waals surface area contributed by atoms with Crippen molar-refractivity contribution in [3.8, 4) is 0 Å². The molecule has 0 aromatic rings. The van der Waals surface area contributed by atoms with Crippen molar-refractivity contribution in [3.05, 3.63) is 0 Å². The van der Waals surface area contributed by atoms with Gasteiger partial charge in [0.2, 0.25) is 0 Å². The van der Waals surface area contributed by atoms with E-state index < -0.39 is 10.8 Å². The number of likely N-dealkylation sites (tertiary alicyclic amines) is 1. The van der Waals surface area contributed by atoms with Crippen molar-refractivity contribution >= 4 is 10.8 Å². The van der Waals surface area contributed by atoms with Crippen molar-refractivity contribution in [2.75, 3.05) is 32.0 Å². The molecule has 3 nitrogen and oxygen atoms in total. The van der Waals surface area contributed by atoms with Crippen molar-refractivity contribution in [2.45, 2.75) is 45.5 Å². The maximum atomic E-state index is 12.3. The van der Waals surface area contributed by atoms with Crippen LogP contribution < -0.4 is 0 Å².